The molecule has 108 valence electrons. The van der Waals surface area contributed by atoms with Crippen molar-refractivity contribution < 1.29 is 13.2 Å². The average Bonchev–Trinajstić information content (AvgIpc) is 2.37. The topological polar surface area (TPSA) is 69.4 Å². The first-order valence-electron chi connectivity index (χ1n) is 6.30. The molecule has 0 amide bonds. The van der Waals surface area contributed by atoms with Gasteiger partial charge in [0.15, 0.2) is 0 Å². The Bertz CT molecular complexity index is 503. The molecule has 19 heavy (non-hydrogen) atoms. The molecule has 4 nitrogen and oxygen atoms in total. The van der Waals surface area contributed by atoms with Crippen molar-refractivity contribution in [1.82, 2.24) is 0 Å². The Balaban J connectivity index is 2.46. The zero-order chi connectivity index (χ0) is 14.3. The normalized spacial score (nSPS) is 11.5. The van der Waals surface area contributed by atoms with E-state index in [0.717, 1.165) is 22.2 Å². The molecule has 0 atom stereocenters. The van der Waals surface area contributed by atoms with Crippen LogP contribution in [0.5, 0.6) is 5.75 Å². The van der Waals surface area contributed by atoms with E-state index in [1.165, 1.54) is 0 Å². The van der Waals surface area contributed by atoms with E-state index >= 15 is 0 Å². The maximum absolute atomic E-state index is 11.3. The molecule has 6 heteroatoms. The van der Waals surface area contributed by atoms with Crippen LogP contribution in [-0.4, -0.2) is 33.1 Å². The summed E-state index contributed by atoms with van der Waals surface area (Å²) in [5.41, 5.74) is 6.65. The summed E-state index contributed by atoms with van der Waals surface area (Å²) in [5, 5.41) is 0. The number of halogens is 1. The number of rotatable bonds is 8. The third-order valence-corrected chi connectivity index (χ3v) is 5.14. The van der Waals surface area contributed by atoms with Crippen molar-refractivity contribution in [3.05, 3.63) is 28.2 Å². The fourth-order valence-corrected chi connectivity index (χ4v) is 2.98. The van der Waals surface area contributed by atoms with E-state index in [2.05, 4.69) is 15.9 Å². The SMILES string of the molecule is CCS(=O)(=O)CCCOc1ccc(CCN)cc1Br. The highest BCUT2D eigenvalue weighted by Crippen LogP contribution is 2.26. The molecule has 0 unspecified atom stereocenters. The van der Waals surface area contributed by atoms with Gasteiger partial charge in [-0.05, 0) is 53.0 Å². The summed E-state index contributed by atoms with van der Waals surface area (Å²) >= 11 is 3.44. The second kappa shape index (κ2) is 7.87. The number of sulfone groups is 1. The summed E-state index contributed by atoms with van der Waals surface area (Å²) in [7, 11) is -2.90. The summed E-state index contributed by atoms with van der Waals surface area (Å²) in [6.07, 6.45) is 1.33. The third kappa shape index (κ3) is 5.93. The van der Waals surface area contributed by atoms with Gasteiger partial charge in [0, 0.05) is 5.75 Å². The highest BCUT2D eigenvalue weighted by Gasteiger charge is 2.07. The molecule has 0 saturated heterocycles. The summed E-state index contributed by atoms with van der Waals surface area (Å²) < 4.78 is 29.1. The van der Waals surface area contributed by atoms with Crippen molar-refractivity contribution in [2.75, 3.05) is 24.7 Å². The standard InChI is InChI=1S/C13H20BrNO3S/c1-2-19(16,17)9-3-8-18-13-5-4-11(6-7-15)10-12(13)14/h4-5,10H,2-3,6-9,15H2,1H3. The van der Waals surface area contributed by atoms with Gasteiger partial charge in [-0.2, -0.15) is 0 Å². The van der Waals surface area contributed by atoms with E-state index in [0.29, 0.717) is 19.6 Å². The van der Waals surface area contributed by atoms with Crippen LogP contribution >= 0.6 is 15.9 Å². The molecule has 1 aromatic rings. The number of hydrogen-bond donors (Lipinski definition) is 1. The molecule has 0 aliphatic carbocycles. The van der Waals surface area contributed by atoms with Crippen LogP contribution < -0.4 is 10.5 Å². The number of nitrogens with two attached hydrogens (primary N) is 1. The fourth-order valence-electron chi connectivity index (χ4n) is 1.59. The summed E-state index contributed by atoms with van der Waals surface area (Å²) in [6, 6.07) is 5.82. The van der Waals surface area contributed by atoms with Crippen molar-refractivity contribution in [2.24, 2.45) is 5.73 Å². The van der Waals surface area contributed by atoms with Gasteiger partial charge in [0.25, 0.3) is 0 Å². The van der Waals surface area contributed by atoms with Gasteiger partial charge >= 0.3 is 0 Å². The lowest BCUT2D eigenvalue weighted by molar-refractivity contribution is 0.315. The van der Waals surface area contributed by atoms with E-state index in [9.17, 15) is 8.42 Å². The van der Waals surface area contributed by atoms with Crippen LogP contribution in [-0.2, 0) is 16.3 Å². The molecule has 1 aromatic carbocycles. The molecule has 2 N–H and O–H groups in total. The average molecular weight is 350 g/mol. The van der Waals surface area contributed by atoms with Crippen molar-refractivity contribution in [2.45, 2.75) is 19.8 Å². The van der Waals surface area contributed by atoms with Crippen molar-refractivity contribution in [1.29, 1.82) is 0 Å². The van der Waals surface area contributed by atoms with Crippen LogP contribution in [0, 0.1) is 0 Å². The molecule has 1 rings (SSSR count). The monoisotopic (exact) mass is 349 g/mol. The van der Waals surface area contributed by atoms with E-state index in [1.807, 2.05) is 18.2 Å². The first-order chi connectivity index (χ1) is 8.98. The Morgan fingerprint density at radius 1 is 1.37 bits per heavy atom. The highest BCUT2D eigenvalue weighted by molar-refractivity contribution is 9.10. The van der Waals surface area contributed by atoms with Crippen LogP contribution in [0.4, 0.5) is 0 Å². The molecular formula is C13H20BrNO3S. The maximum Gasteiger partial charge on any atom is 0.150 e. The molecule has 0 radical (unpaired) electrons. The van der Waals surface area contributed by atoms with Crippen LogP contribution in [0.3, 0.4) is 0 Å². The molecular weight excluding hydrogens is 330 g/mol. The molecule has 0 fully saturated rings. The van der Waals surface area contributed by atoms with E-state index in [-0.39, 0.29) is 11.5 Å². The maximum atomic E-state index is 11.3. The second-order valence-electron chi connectivity index (χ2n) is 4.24. The van der Waals surface area contributed by atoms with E-state index in [1.54, 1.807) is 6.92 Å². The molecule has 0 aliphatic heterocycles. The predicted molar refractivity (Wildman–Crippen MR) is 81.3 cm³/mol. The van der Waals surface area contributed by atoms with E-state index < -0.39 is 9.84 Å². The summed E-state index contributed by atoms with van der Waals surface area (Å²) in [4.78, 5) is 0. The van der Waals surface area contributed by atoms with Gasteiger partial charge in [-0.3, -0.25) is 0 Å². The van der Waals surface area contributed by atoms with Crippen molar-refractivity contribution in [3.63, 3.8) is 0 Å². The predicted octanol–water partition coefficient (Wildman–Crippen LogP) is 2.15. The Hall–Kier alpha value is -0.590. The molecule has 0 heterocycles. The lowest BCUT2D eigenvalue weighted by Crippen LogP contribution is -2.12. The minimum Gasteiger partial charge on any atom is -0.492 e. The molecule has 0 aromatic heterocycles. The van der Waals surface area contributed by atoms with Gasteiger partial charge in [-0.25, -0.2) is 8.42 Å². The Kier molecular flexibility index (Phi) is 6.82. The van der Waals surface area contributed by atoms with Crippen LogP contribution in [0.1, 0.15) is 18.9 Å². The van der Waals surface area contributed by atoms with Gasteiger partial charge in [0.05, 0.1) is 16.8 Å². The van der Waals surface area contributed by atoms with Crippen molar-refractivity contribution >= 4 is 25.8 Å². The molecule has 0 spiro atoms. The van der Waals surface area contributed by atoms with Gasteiger partial charge in [-0.1, -0.05) is 13.0 Å². The quantitative estimate of drug-likeness (QED) is 0.730. The first-order valence-corrected chi connectivity index (χ1v) is 8.91. The lowest BCUT2D eigenvalue weighted by atomic mass is 10.1. The highest BCUT2D eigenvalue weighted by atomic mass is 79.9. The third-order valence-electron chi connectivity index (χ3n) is 2.73. The Morgan fingerprint density at radius 3 is 2.68 bits per heavy atom. The number of hydrogen-bond acceptors (Lipinski definition) is 4. The smallest absolute Gasteiger partial charge is 0.150 e. The minimum atomic E-state index is -2.90. The molecule has 0 saturated carbocycles. The summed E-state index contributed by atoms with van der Waals surface area (Å²) in [5.74, 6) is 1.09. The molecule has 0 aliphatic rings. The van der Waals surface area contributed by atoms with Crippen molar-refractivity contribution in [3.8, 4) is 5.75 Å². The largest absolute Gasteiger partial charge is 0.492 e. The Labute approximate surface area is 123 Å². The number of ether oxygens (including phenoxy) is 1. The van der Waals surface area contributed by atoms with Gasteiger partial charge < -0.3 is 10.5 Å². The van der Waals surface area contributed by atoms with Gasteiger partial charge in [-0.15, -0.1) is 0 Å². The molecule has 0 bridgehead atoms. The minimum absolute atomic E-state index is 0.173. The van der Waals surface area contributed by atoms with Gasteiger partial charge in [0.2, 0.25) is 0 Å². The zero-order valence-corrected chi connectivity index (χ0v) is 13.5. The fraction of sp³-hybridized carbons (Fsp3) is 0.538. The van der Waals surface area contributed by atoms with E-state index in [4.69, 9.17) is 10.5 Å². The Morgan fingerprint density at radius 2 is 2.11 bits per heavy atom. The summed E-state index contributed by atoms with van der Waals surface area (Å²) in [6.45, 7) is 2.67. The lowest BCUT2D eigenvalue weighted by Gasteiger charge is -2.09. The number of benzene rings is 1. The van der Waals surface area contributed by atoms with Crippen LogP contribution in [0.15, 0.2) is 22.7 Å². The van der Waals surface area contributed by atoms with Crippen LogP contribution in [0.25, 0.3) is 0 Å². The second-order valence-corrected chi connectivity index (χ2v) is 7.57. The van der Waals surface area contributed by atoms with Gasteiger partial charge in [0.1, 0.15) is 15.6 Å². The first kappa shape index (κ1) is 16.5. The van der Waals surface area contributed by atoms with Crippen LogP contribution in [0.2, 0.25) is 0 Å². The zero-order valence-electron chi connectivity index (χ0n) is 11.1.